The Balaban J connectivity index is 2.17. The first-order chi connectivity index (χ1) is 10.5. The number of aromatic nitrogens is 2. The van der Waals surface area contributed by atoms with Crippen LogP contribution in [0.5, 0.6) is 0 Å². The van der Waals surface area contributed by atoms with Gasteiger partial charge in [-0.05, 0) is 36.6 Å². The Labute approximate surface area is 129 Å². The summed E-state index contributed by atoms with van der Waals surface area (Å²) in [6.07, 6.45) is 8.23. The molecule has 22 heavy (non-hydrogen) atoms. The van der Waals surface area contributed by atoms with Crippen LogP contribution < -0.4 is 0 Å². The van der Waals surface area contributed by atoms with Crippen molar-refractivity contribution >= 4 is 5.97 Å². The summed E-state index contributed by atoms with van der Waals surface area (Å²) in [5, 5.41) is 13.2. The number of aromatic carboxylic acids is 1. The lowest BCUT2D eigenvalue weighted by Gasteiger charge is -2.06. The number of nitrogens with zero attached hydrogens (tertiary/aromatic N) is 2. The van der Waals surface area contributed by atoms with Gasteiger partial charge in [-0.25, -0.2) is 9.18 Å². The molecule has 0 aliphatic carbocycles. The molecule has 0 spiro atoms. The molecule has 0 bridgehead atoms. The van der Waals surface area contributed by atoms with E-state index in [9.17, 15) is 9.18 Å². The average Bonchev–Trinajstić information content (AvgIpc) is 2.94. The molecule has 1 aromatic heterocycles. The maximum atomic E-state index is 13.9. The average molecular weight is 304 g/mol. The Morgan fingerprint density at radius 2 is 2.09 bits per heavy atom. The van der Waals surface area contributed by atoms with Crippen molar-refractivity contribution in [2.45, 2.75) is 46.1 Å². The first-order valence-electron chi connectivity index (χ1n) is 7.59. The lowest BCUT2D eigenvalue weighted by Crippen LogP contribution is -2.02. The number of hydrogen-bond donors (Lipinski definition) is 1. The van der Waals surface area contributed by atoms with Crippen molar-refractivity contribution in [1.82, 2.24) is 9.78 Å². The number of halogens is 1. The van der Waals surface area contributed by atoms with Gasteiger partial charge in [-0.15, -0.1) is 0 Å². The van der Waals surface area contributed by atoms with Gasteiger partial charge >= 0.3 is 5.97 Å². The Morgan fingerprint density at radius 3 is 2.77 bits per heavy atom. The number of hydrogen-bond acceptors (Lipinski definition) is 2. The molecule has 0 saturated carbocycles. The van der Waals surface area contributed by atoms with Crippen LogP contribution in [0.15, 0.2) is 24.5 Å². The first-order valence-corrected chi connectivity index (χ1v) is 7.59. The van der Waals surface area contributed by atoms with E-state index in [4.69, 9.17) is 5.11 Å². The Bertz CT molecular complexity index is 665. The standard InChI is InChI=1S/C17H21FN2O2/c1-3-4-5-6-7-20-11-13(10-19-20)14-9-16(18)15(17(21)22)8-12(14)2/h8-11H,3-7H2,1-2H3,(H,21,22). The zero-order valence-electron chi connectivity index (χ0n) is 13.0. The highest BCUT2D eigenvalue weighted by molar-refractivity contribution is 5.89. The number of unbranched alkanes of at least 4 members (excludes halogenated alkanes) is 3. The largest absolute Gasteiger partial charge is 0.478 e. The minimum Gasteiger partial charge on any atom is -0.478 e. The van der Waals surface area contributed by atoms with E-state index in [1.54, 1.807) is 13.1 Å². The molecular weight excluding hydrogens is 283 g/mol. The van der Waals surface area contributed by atoms with E-state index >= 15 is 0 Å². The van der Waals surface area contributed by atoms with Crippen LogP contribution in [0.4, 0.5) is 4.39 Å². The summed E-state index contributed by atoms with van der Waals surface area (Å²) in [5.74, 6) is -1.97. The third kappa shape index (κ3) is 3.72. The van der Waals surface area contributed by atoms with E-state index in [1.165, 1.54) is 31.4 Å². The van der Waals surface area contributed by atoms with Crippen LogP contribution in [0.25, 0.3) is 11.1 Å². The molecule has 1 aromatic carbocycles. The number of rotatable bonds is 7. The van der Waals surface area contributed by atoms with E-state index in [0.29, 0.717) is 5.56 Å². The van der Waals surface area contributed by atoms with E-state index in [-0.39, 0.29) is 5.56 Å². The monoisotopic (exact) mass is 304 g/mol. The molecular formula is C17H21FN2O2. The van der Waals surface area contributed by atoms with Gasteiger partial charge in [0.05, 0.1) is 11.8 Å². The van der Waals surface area contributed by atoms with Crippen molar-refractivity contribution in [1.29, 1.82) is 0 Å². The summed E-state index contributed by atoms with van der Waals surface area (Å²) in [6.45, 7) is 4.79. The maximum absolute atomic E-state index is 13.9. The second-order valence-corrected chi connectivity index (χ2v) is 5.50. The predicted octanol–water partition coefficient (Wildman–Crippen LogP) is 4.28. The zero-order chi connectivity index (χ0) is 16.1. The van der Waals surface area contributed by atoms with Crippen molar-refractivity contribution in [2.24, 2.45) is 0 Å². The van der Waals surface area contributed by atoms with Gasteiger partial charge in [-0.3, -0.25) is 4.68 Å². The van der Waals surface area contributed by atoms with Crippen molar-refractivity contribution in [3.63, 3.8) is 0 Å². The Morgan fingerprint density at radius 1 is 1.32 bits per heavy atom. The normalized spacial score (nSPS) is 10.9. The van der Waals surface area contributed by atoms with Crippen LogP contribution in [0.1, 0.15) is 48.5 Å². The van der Waals surface area contributed by atoms with E-state index < -0.39 is 11.8 Å². The molecule has 0 atom stereocenters. The van der Waals surface area contributed by atoms with Crippen molar-refractivity contribution in [2.75, 3.05) is 0 Å². The summed E-state index contributed by atoms with van der Waals surface area (Å²) in [4.78, 5) is 10.9. The van der Waals surface area contributed by atoms with Gasteiger partial charge in [-0.2, -0.15) is 5.10 Å². The van der Waals surface area contributed by atoms with Crippen LogP contribution in [0.2, 0.25) is 0 Å². The predicted molar refractivity (Wildman–Crippen MR) is 83.5 cm³/mol. The molecule has 4 nitrogen and oxygen atoms in total. The molecule has 0 aliphatic heterocycles. The van der Waals surface area contributed by atoms with Gasteiger partial charge in [0.25, 0.3) is 0 Å². The summed E-state index contributed by atoms with van der Waals surface area (Å²) in [5.41, 5.74) is 1.92. The first kappa shape index (κ1) is 16.2. The molecule has 2 rings (SSSR count). The van der Waals surface area contributed by atoms with Gasteiger partial charge in [0.15, 0.2) is 0 Å². The van der Waals surface area contributed by atoms with Crippen LogP contribution in [-0.2, 0) is 6.54 Å². The zero-order valence-corrected chi connectivity index (χ0v) is 13.0. The van der Waals surface area contributed by atoms with E-state index in [0.717, 1.165) is 24.1 Å². The lowest BCUT2D eigenvalue weighted by atomic mass is 10.0. The van der Waals surface area contributed by atoms with Gasteiger partial charge in [0.2, 0.25) is 0 Å². The Kier molecular flexibility index (Phi) is 5.31. The molecule has 2 aromatic rings. The fraction of sp³-hybridized carbons (Fsp3) is 0.412. The summed E-state index contributed by atoms with van der Waals surface area (Å²) < 4.78 is 15.7. The summed E-state index contributed by atoms with van der Waals surface area (Å²) in [7, 11) is 0. The highest BCUT2D eigenvalue weighted by Gasteiger charge is 2.15. The number of carboxylic acid groups (broad SMARTS) is 1. The van der Waals surface area contributed by atoms with Gasteiger partial charge in [-0.1, -0.05) is 26.2 Å². The van der Waals surface area contributed by atoms with Crippen LogP contribution in [-0.4, -0.2) is 20.9 Å². The van der Waals surface area contributed by atoms with Crippen molar-refractivity contribution < 1.29 is 14.3 Å². The van der Waals surface area contributed by atoms with Gasteiger partial charge < -0.3 is 5.11 Å². The fourth-order valence-electron chi connectivity index (χ4n) is 2.48. The van der Waals surface area contributed by atoms with Gasteiger partial charge in [0, 0.05) is 18.3 Å². The smallest absolute Gasteiger partial charge is 0.338 e. The molecule has 1 N–H and O–H groups in total. The lowest BCUT2D eigenvalue weighted by molar-refractivity contribution is 0.0692. The summed E-state index contributed by atoms with van der Waals surface area (Å²) >= 11 is 0. The summed E-state index contributed by atoms with van der Waals surface area (Å²) in [6, 6.07) is 2.64. The molecule has 0 radical (unpaired) electrons. The molecule has 0 amide bonds. The van der Waals surface area contributed by atoms with Crippen molar-refractivity contribution in [3.8, 4) is 11.1 Å². The SMILES string of the molecule is CCCCCCn1cc(-c2cc(F)c(C(=O)O)cc2C)cn1. The molecule has 0 saturated heterocycles. The number of aryl methyl sites for hydroxylation is 2. The molecule has 118 valence electrons. The second kappa shape index (κ2) is 7.20. The molecule has 5 heteroatoms. The van der Waals surface area contributed by atoms with Crippen LogP contribution in [0.3, 0.4) is 0 Å². The maximum Gasteiger partial charge on any atom is 0.338 e. The van der Waals surface area contributed by atoms with Crippen molar-refractivity contribution in [3.05, 3.63) is 41.5 Å². The van der Waals surface area contributed by atoms with E-state index in [2.05, 4.69) is 12.0 Å². The number of carbonyl (C=O) groups is 1. The number of carboxylic acids is 1. The topological polar surface area (TPSA) is 55.1 Å². The van der Waals surface area contributed by atoms with Crippen LogP contribution >= 0.6 is 0 Å². The number of benzene rings is 1. The Hall–Kier alpha value is -2.17. The fourth-order valence-corrected chi connectivity index (χ4v) is 2.48. The quantitative estimate of drug-likeness (QED) is 0.777. The molecule has 1 heterocycles. The van der Waals surface area contributed by atoms with Gasteiger partial charge in [0.1, 0.15) is 5.82 Å². The minimum absolute atomic E-state index is 0.298. The highest BCUT2D eigenvalue weighted by Crippen LogP contribution is 2.26. The molecule has 0 fully saturated rings. The molecule has 0 unspecified atom stereocenters. The van der Waals surface area contributed by atoms with E-state index in [1.807, 2.05) is 10.9 Å². The third-order valence-corrected chi connectivity index (χ3v) is 3.73. The highest BCUT2D eigenvalue weighted by atomic mass is 19.1. The second-order valence-electron chi connectivity index (χ2n) is 5.50. The third-order valence-electron chi connectivity index (χ3n) is 3.73. The van der Waals surface area contributed by atoms with Crippen LogP contribution in [0, 0.1) is 12.7 Å². The minimum atomic E-state index is -1.25. The molecule has 0 aliphatic rings.